The summed E-state index contributed by atoms with van der Waals surface area (Å²) in [6, 6.07) is 4.29. The number of esters is 1. The number of nitrogens with zero attached hydrogens (tertiary/aromatic N) is 2. The van der Waals surface area contributed by atoms with Crippen molar-refractivity contribution in [3.8, 4) is 0 Å². The van der Waals surface area contributed by atoms with Crippen LogP contribution < -0.4 is 4.90 Å². The number of hydrogen-bond donors (Lipinski definition) is 0. The van der Waals surface area contributed by atoms with Gasteiger partial charge >= 0.3 is 11.9 Å². The predicted molar refractivity (Wildman–Crippen MR) is 65.8 cm³/mol. The lowest BCUT2D eigenvalue weighted by Crippen LogP contribution is -2.36. The maximum atomic E-state index is 11.9. The monoisotopic (exact) mass is 264 g/mol. The number of anilines is 1. The van der Waals surface area contributed by atoms with Crippen molar-refractivity contribution in [2.24, 2.45) is 0 Å². The first-order chi connectivity index (χ1) is 9.04. The molecule has 19 heavy (non-hydrogen) atoms. The molecule has 7 nitrogen and oxygen atoms in total. The van der Waals surface area contributed by atoms with Crippen LogP contribution in [-0.4, -0.2) is 30.0 Å². The number of carbonyl (C=O) groups excluding carboxylic acids is 2. The second-order valence-corrected chi connectivity index (χ2v) is 4.00. The zero-order valence-corrected chi connectivity index (χ0v) is 10.3. The van der Waals surface area contributed by atoms with Crippen molar-refractivity contribution in [1.29, 1.82) is 0 Å². The van der Waals surface area contributed by atoms with E-state index in [-0.39, 0.29) is 12.3 Å². The van der Waals surface area contributed by atoms with Gasteiger partial charge < -0.3 is 9.64 Å². The highest BCUT2D eigenvalue weighted by atomic mass is 16.6. The first-order valence-electron chi connectivity index (χ1n) is 5.80. The van der Waals surface area contributed by atoms with Gasteiger partial charge in [0, 0.05) is 18.7 Å². The van der Waals surface area contributed by atoms with Gasteiger partial charge in [0.05, 0.1) is 17.2 Å². The second kappa shape index (κ2) is 5.05. The van der Waals surface area contributed by atoms with Gasteiger partial charge in [-0.25, -0.2) is 4.79 Å². The summed E-state index contributed by atoms with van der Waals surface area (Å²) in [6.45, 7) is 2.04. The van der Waals surface area contributed by atoms with Crippen molar-refractivity contribution in [3.63, 3.8) is 0 Å². The number of nitro groups is 1. The second-order valence-electron chi connectivity index (χ2n) is 4.00. The smallest absolute Gasteiger partial charge is 0.397 e. The highest BCUT2D eigenvalue weighted by molar-refractivity contribution is 6.38. The predicted octanol–water partition coefficient (Wildman–Crippen LogP) is 1.05. The lowest BCUT2D eigenvalue weighted by atomic mass is 10.1. The van der Waals surface area contributed by atoms with Gasteiger partial charge in [-0.1, -0.05) is 6.07 Å². The molecule has 0 N–H and O–H groups in total. The summed E-state index contributed by atoms with van der Waals surface area (Å²) in [5.74, 6) is -1.73. The Bertz CT molecular complexity index is 555. The average molecular weight is 264 g/mol. The highest BCUT2D eigenvalue weighted by Crippen LogP contribution is 2.31. The normalized spacial score (nSPS) is 13.0. The van der Waals surface area contributed by atoms with E-state index in [0.29, 0.717) is 18.7 Å². The van der Waals surface area contributed by atoms with Crippen molar-refractivity contribution in [2.45, 2.75) is 13.3 Å². The Morgan fingerprint density at radius 1 is 1.47 bits per heavy atom. The molecule has 0 fully saturated rings. The molecule has 1 heterocycles. The molecule has 0 aliphatic carbocycles. The number of nitro benzene ring substituents is 1. The molecular weight excluding hydrogens is 252 g/mol. The molecule has 7 heteroatoms. The van der Waals surface area contributed by atoms with Gasteiger partial charge in [0.1, 0.15) is 0 Å². The van der Waals surface area contributed by atoms with Crippen molar-refractivity contribution >= 4 is 23.3 Å². The quantitative estimate of drug-likeness (QED) is 0.344. The maximum Gasteiger partial charge on any atom is 0.397 e. The minimum absolute atomic E-state index is 0.109. The molecule has 1 aliphatic heterocycles. The Morgan fingerprint density at radius 2 is 2.21 bits per heavy atom. The third kappa shape index (κ3) is 2.40. The zero-order chi connectivity index (χ0) is 14.0. The standard InChI is InChI=1S/C12H12N2O5/c1-2-19-12(16)11(15)13-6-5-8-3-4-9(14(17)18)7-10(8)13/h3-4,7H,2,5-6H2,1H3. The van der Waals surface area contributed by atoms with E-state index in [9.17, 15) is 19.7 Å². The summed E-state index contributed by atoms with van der Waals surface area (Å²) >= 11 is 0. The van der Waals surface area contributed by atoms with Crippen molar-refractivity contribution < 1.29 is 19.2 Å². The van der Waals surface area contributed by atoms with Gasteiger partial charge in [-0.2, -0.15) is 0 Å². The molecule has 1 amide bonds. The lowest BCUT2D eigenvalue weighted by molar-refractivity contribution is -0.384. The van der Waals surface area contributed by atoms with E-state index in [1.54, 1.807) is 13.0 Å². The first kappa shape index (κ1) is 13.0. The van der Waals surface area contributed by atoms with Crippen LogP contribution in [0.1, 0.15) is 12.5 Å². The van der Waals surface area contributed by atoms with E-state index < -0.39 is 16.8 Å². The molecule has 0 bridgehead atoms. The molecule has 1 aliphatic rings. The number of ether oxygens (including phenoxy) is 1. The Labute approximate surface area is 108 Å². The molecule has 0 radical (unpaired) electrons. The van der Waals surface area contributed by atoms with Crippen molar-refractivity contribution in [3.05, 3.63) is 33.9 Å². The van der Waals surface area contributed by atoms with E-state index in [2.05, 4.69) is 4.74 Å². The lowest BCUT2D eigenvalue weighted by Gasteiger charge is -2.15. The topological polar surface area (TPSA) is 89.8 Å². The Balaban J connectivity index is 2.30. The summed E-state index contributed by atoms with van der Waals surface area (Å²) in [5, 5.41) is 10.7. The molecule has 0 saturated carbocycles. The average Bonchev–Trinajstić information content (AvgIpc) is 2.80. The van der Waals surface area contributed by atoms with E-state index in [1.165, 1.54) is 17.0 Å². The molecule has 0 atom stereocenters. The van der Waals surface area contributed by atoms with E-state index in [0.717, 1.165) is 5.56 Å². The van der Waals surface area contributed by atoms with Gasteiger partial charge in [-0.15, -0.1) is 0 Å². The molecule has 0 spiro atoms. The molecular formula is C12H12N2O5. The molecule has 2 rings (SSSR count). The van der Waals surface area contributed by atoms with Gasteiger partial charge in [0.15, 0.2) is 0 Å². The molecule has 0 aromatic heterocycles. The van der Waals surface area contributed by atoms with Crippen LogP contribution in [0.2, 0.25) is 0 Å². The summed E-state index contributed by atoms with van der Waals surface area (Å²) < 4.78 is 4.64. The number of fused-ring (bicyclic) bond motifs is 1. The highest BCUT2D eigenvalue weighted by Gasteiger charge is 2.31. The SMILES string of the molecule is CCOC(=O)C(=O)N1CCc2ccc([N+](=O)[O-])cc21. The van der Waals surface area contributed by atoms with Gasteiger partial charge in [-0.05, 0) is 18.9 Å². The van der Waals surface area contributed by atoms with Gasteiger partial charge in [0.2, 0.25) is 0 Å². The van der Waals surface area contributed by atoms with E-state index in [1.807, 2.05) is 0 Å². The fraction of sp³-hybridized carbons (Fsp3) is 0.333. The molecule has 0 unspecified atom stereocenters. The van der Waals surface area contributed by atoms with Crippen LogP contribution in [0, 0.1) is 10.1 Å². The fourth-order valence-corrected chi connectivity index (χ4v) is 2.00. The third-order valence-electron chi connectivity index (χ3n) is 2.87. The van der Waals surface area contributed by atoms with E-state index >= 15 is 0 Å². The van der Waals surface area contributed by atoms with Crippen LogP contribution in [0.25, 0.3) is 0 Å². The van der Waals surface area contributed by atoms with E-state index in [4.69, 9.17) is 0 Å². The number of hydrogen-bond acceptors (Lipinski definition) is 5. The number of non-ortho nitro benzene ring substituents is 1. The summed E-state index contributed by atoms with van der Waals surface area (Å²) in [6.07, 6.45) is 0.568. The summed E-state index contributed by atoms with van der Waals surface area (Å²) in [4.78, 5) is 34.7. The van der Waals surface area contributed by atoms with Crippen LogP contribution in [0.3, 0.4) is 0 Å². The van der Waals surface area contributed by atoms with Gasteiger partial charge in [-0.3, -0.25) is 14.9 Å². The third-order valence-corrected chi connectivity index (χ3v) is 2.87. The summed E-state index contributed by atoms with van der Waals surface area (Å²) in [5.41, 5.74) is 1.11. The number of amides is 1. The van der Waals surface area contributed by atoms with Crippen LogP contribution in [-0.2, 0) is 20.7 Å². The molecule has 1 aromatic carbocycles. The Hall–Kier alpha value is -2.44. The van der Waals surface area contributed by atoms with Crippen LogP contribution in [0.5, 0.6) is 0 Å². The maximum absolute atomic E-state index is 11.9. The zero-order valence-electron chi connectivity index (χ0n) is 10.3. The Kier molecular flexibility index (Phi) is 3.46. The first-order valence-corrected chi connectivity index (χ1v) is 5.80. The largest absolute Gasteiger partial charge is 0.459 e. The minimum atomic E-state index is -0.943. The number of benzene rings is 1. The number of carbonyl (C=O) groups is 2. The molecule has 1 aromatic rings. The van der Waals surface area contributed by atoms with Gasteiger partial charge in [0.25, 0.3) is 5.69 Å². The van der Waals surface area contributed by atoms with Crippen molar-refractivity contribution in [2.75, 3.05) is 18.1 Å². The van der Waals surface area contributed by atoms with Crippen molar-refractivity contribution in [1.82, 2.24) is 0 Å². The van der Waals surface area contributed by atoms with Crippen LogP contribution in [0.15, 0.2) is 18.2 Å². The summed E-state index contributed by atoms with van der Waals surface area (Å²) in [7, 11) is 0. The molecule has 100 valence electrons. The van der Waals surface area contributed by atoms with Crippen LogP contribution >= 0.6 is 0 Å². The fourth-order valence-electron chi connectivity index (χ4n) is 2.00. The Morgan fingerprint density at radius 3 is 2.84 bits per heavy atom. The van der Waals surface area contributed by atoms with Crippen LogP contribution in [0.4, 0.5) is 11.4 Å². The minimum Gasteiger partial charge on any atom is -0.459 e. The molecule has 0 saturated heterocycles. The number of rotatable bonds is 2.